The van der Waals surface area contributed by atoms with E-state index in [4.69, 9.17) is 5.48 Å². The van der Waals surface area contributed by atoms with Crippen molar-refractivity contribution in [3.63, 3.8) is 0 Å². The Morgan fingerprint density at radius 3 is 2.71 bits per heavy atom. The number of carbonyl (C=O) groups is 2. The molecule has 1 fully saturated rings. The van der Waals surface area contributed by atoms with Gasteiger partial charge in [0, 0.05) is 23.1 Å². The van der Waals surface area contributed by atoms with Gasteiger partial charge in [-0.05, 0) is 55.7 Å². The Balaban J connectivity index is 1.50. The number of halogens is 3. The zero-order valence-electron chi connectivity index (χ0n) is 24.9. The minimum atomic E-state index is -4.46. The molecule has 7 nitrogen and oxygen atoms in total. The number of nitrogens with one attached hydrogen (secondary N) is 1. The number of thiophene rings is 1. The first-order valence-corrected chi connectivity index (χ1v) is 14.8. The van der Waals surface area contributed by atoms with E-state index in [1.54, 1.807) is 0 Å². The summed E-state index contributed by atoms with van der Waals surface area (Å²) < 4.78 is 95.6. The van der Waals surface area contributed by atoms with Gasteiger partial charge in [-0.2, -0.15) is 13.2 Å². The fraction of sp³-hybridized carbons (Fsp3) is 0.577. The summed E-state index contributed by atoms with van der Waals surface area (Å²) in [6, 6.07) is 3.39. The van der Waals surface area contributed by atoms with E-state index >= 15 is 0 Å². The Labute approximate surface area is 230 Å². The minimum absolute atomic E-state index is 0.0160. The van der Waals surface area contributed by atoms with Gasteiger partial charge in [-0.3, -0.25) is 14.6 Å². The predicted octanol–water partition coefficient (Wildman–Crippen LogP) is 5.39. The molecular formula is C26H32F3N3O4S2. The maximum absolute atomic E-state index is 13.5. The summed E-state index contributed by atoms with van der Waals surface area (Å²) in [4.78, 5) is 32.6. The van der Waals surface area contributed by atoms with E-state index in [2.05, 4.69) is 10.3 Å². The number of pyridine rings is 1. The van der Waals surface area contributed by atoms with Crippen LogP contribution in [0.1, 0.15) is 88.5 Å². The van der Waals surface area contributed by atoms with E-state index in [1.165, 1.54) is 43.1 Å². The second kappa shape index (κ2) is 11.0. The minimum Gasteiger partial charge on any atom is -0.346 e. The van der Waals surface area contributed by atoms with Crippen molar-refractivity contribution in [3.05, 3.63) is 45.4 Å². The molecule has 3 heterocycles. The van der Waals surface area contributed by atoms with Crippen LogP contribution in [0.5, 0.6) is 0 Å². The summed E-state index contributed by atoms with van der Waals surface area (Å²) in [6.07, 6.45) is -4.71. The molecule has 2 aliphatic rings. The second-order valence-electron chi connectivity index (χ2n) is 9.71. The molecule has 1 aliphatic carbocycles. The number of nitrogens with zero attached hydrogens (tertiary/aromatic N) is 2. The van der Waals surface area contributed by atoms with Gasteiger partial charge >= 0.3 is 6.18 Å². The van der Waals surface area contributed by atoms with E-state index in [-0.39, 0.29) is 59.4 Å². The van der Waals surface area contributed by atoms with Gasteiger partial charge in [0.25, 0.3) is 11.8 Å². The fourth-order valence-corrected chi connectivity index (χ4v) is 7.00. The van der Waals surface area contributed by atoms with Crippen molar-refractivity contribution in [1.29, 1.82) is 0 Å². The van der Waals surface area contributed by atoms with Gasteiger partial charge in [-0.15, -0.1) is 11.3 Å². The molecule has 2 aromatic rings. The van der Waals surface area contributed by atoms with Crippen molar-refractivity contribution in [3.8, 4) is 0 Å². The van der Waals surface area contributed by atoms with E-state index < -0.39 is 59.0 Å². The van der Waals surface area contributed by atoms with Crippen molar-refractivity contribution in [2.24, 2.45) is 17.8 Å². The molecule has 1 saturated carbocycles. The Morgan fingerprint density at radius 1 is 1.34 bits per heavy atom. The lowest BCUT2D eigenvalue weighted by Gasteiger charge is -2.35. The molecule has 1 aliphatic heterocycles. The van der Waals surface area contributed by atoms with Gasteiger partial charge in [0.15, 0.2) is 9.84 Å². The standard InChI is InChI=1S/C26H32F3N3O4S2/c1-4-38(35,36)19-10-9-18(30-13-19)12-31-24(33)21-11-20-23(37-21)22(15(2)3)32(25(20)34)14-16-5-7-17(8-6-16)26(27,28)29/h9-11,13,15-17,22H,4-8,12,14H2,1-3H3,(H,31,33)/t16-,17-,22-/m0/s1/i2D3,7D/t7?,15?,16-,17-,22-. The molecule has 38 heavy (non-hydrogen) atoms. The Morgan fingerprint density at radius 2 is 2.11 bits per heavy atom. The molecule has 0 aromatic carbocycles. The van der Waals surface area contributed by atoms with Gasteiger partial charge < -0.3 is 10.2 Å². The first-order chi connectivity index (χ1) is 19.4. The molecule has 1 N–H and O–H groups in total. The third-order valence-corrected chi connectivity index (χ3v) is 9.96. The van der Waals surface area contributed by atoms with Crippen LogP contribution >= 0.6 is 11.3 Å². The molecule has 2 unspecified atom stereocenters. The summed E-state index contributed by atoms with van der Waals surface area (Å²) >= 11 is 0.990. The Bertz CT molecular complexity index is 1430. The highest BCUT2D eigenvalue weighted by molar-refractivity contribution is 7.91. The number of amides is 2. The van der Waals surface area contributed by atoms with Crippen molar-refractivity contribution >= 4 is 33.0 Å². The first-order valence-electron chi connectivity index (χ1n) is 14.4. The number of fused-ring (bicyclic) bond motifs is 1. The summed E-state index contributed by atoms with van der Waals surface area (Å²) in [5.41, 5.74) is 0.594. The van der Waals surface area contributed by atoms with Crippen LogP contribution in [0.3, 0.4) is 0 Å². The average molecular weight is 576 g/mol. The maximum Gasteiger partial charge on any atom is 0.391 e. The number of alkyl halides is 3. The monoisotopic (exact) mass is 575 g/mol. The van der Waals surface area contributed by atoms with Crippen molar-refractivity contribution in [2.45, 2.75) is 70.0 Å². The van der Waals surface area contributed by atoms with Crippen LogP contribution < -0.4 is 5.32 Å². The van der Waals surface area contributed by atoms with Crippen LogP contribution in [0.4, 0.5) is 13.2 Å². The molecule has 12 heteroatoms. The zero-order chi connectivity index (χ0) is 31.2. The van der Waals surface area contributed by atoms with E-state index in [9.17, 15) is 31.2 Å². The first kappa shape index (κ1) is 23.4. The van der Waals surface area contributed by atoms with Gasteiger partial charge in [0.2, 0.25) is 0 Å². The number of rotatable bonds is 8. The number of hydrogen-bond acceptors (Lipinski definition) is 6. The van der Waals surface area contributed by atoms with E-state index in [0.717, 1.165) is 11.3 Å². The van der Waals surface area contributed by atoms with E-state index in [0.29, 0.717) is 10.6 Å². The molecule has 0 bridgehead atoms. The van der Waals surface area contributed by atoms with Crippen LogP contribution in [0.15, 0.2) is 29.3 Å². The van der Waals surface area contributed by atoms with Gasteiger partial charge in [0.1, 0.15) is 0 Å². The fourth-order valence-electron chi connectivity index (χ4n) is 4.89. The summed E-state index contributed by atoms with van der Waals surface area (Å²) in [5, 5.41) is 2.67. The van der Waals surface area contributed by atoms with Crippen LogP contribution in [0, 0.1) is 17.8 Å². The average Bonchev–Trinajstić information content (AvgIpc) is 3.44. The smallest absolute Gasteiger partial charge is 0.346 e. The quantitative estimate of drug-likeness (QED) is 0.456. The zero-order valence-corrected chi connectivity index (χ0v) is 22.5. The molecule has 2 amide bonds. The van der Waals surface area contributed by atoms with Crippen LogP contribution in [0.2, 0.25) is 0 Å². The highest BCUT2D eigenvalue weighted by atomic mass is 32.2. The number of hydrogen-bond donors (Lipinski definition) is 1. The van der Waals surface area contributed by atoms with Gasteiger partial charge in [0.05, 0.1) is 45.3 Å². The summed E-state index contributed by atoms with van der Waals surface area (Å²) in [5.74, 6) is -4.21. The highest BCUT2D eigenvalue weighted by Crippen LogP contribution is 2.46. The lowest BCUT2D eigenvalue weighted by Crippen LogP contribution is -2.37. The Hall–Kier alpha value is -2.47. The van der Waals surface area contributed by atoms with Crippen LogP contribution in [-0.4, -0.2) is 48.6 Å². The molecule has 5 atom stereocenters. The lowest BCUT2D eigenvalue weighted by atomic mass is 9.81. The highest BCUT2D eigenvalue weighted by Gasteiger charge is 2.44. The molecule has 0 spiro atoms. The van der Waals surface area contributed by atoms with Crippen LogP contribution in [0.25, 0.3) is 0 Å². The van der Waals surface area contributed by atoms with Crippen LogP contribution in [-0.2, 0) is 16.4 Å². The molecule has 4 rings (SSSR count). The third-order valence-electron chi connectivity index (χ3n) is 7.04. The topological polar surface area (TPSA) is 96.4 Å². The van der Waals surface area contributed by atoms with E-state index in [1.807, 2.05) is 0 Å². The Kier molecular flexibility index (Phi) is 6.75. The predicted molar refractivity (Wildman–Crippen MR) is 138 cm³/mol. The molecule has 0 saturated heterocycles. The largest absolute Gasteiger partial charge is 0.391 e. The lowest BCUT2D eigenvalue weighted by molar-refractivity contribution is -0.184. The van der Waals surface area contributed by atoms with Crippen molar-refractivity contribution in [1.82, 2.24) is 15.2 Å². The van der Waals surface area contributed by atoms with Crippen molar-refractivity contribution in [2.75, 3.05) is 12.3 Å². The maximum atomic E-state index is 13.5. The van der Waals surface area contributed by atoms with Gasteiger partial charge in [-0.1, -0.05) is 20.7 Å². The summed E-state index contributed by atoms with van der Waals surface area (Å²) in [7, 11) is -3.42. The number of sulfone groups is 1. The summed E-state index contributed by atoms with van der Waals surface area (Å²) in [6.45, 7) is 0.561. The SMILES string of the molecule is [2H]C1C[C@H](CN2C(=O)c3cc(C(=O)NCc4ccc(S(=O)(=O)CC)cn4)sc3[C@@H]2C(C)C([2H])([2H])[2H])CC[C@H]1C(F)(F)F. The van der Waals surface area contributed by atoms with Gasteiger partial charge in [-0.25, -0.2) is 8.42 Å². The molecule has 208 valence electrons. The van der Waals surface area contributed by atoms with Crippen molar-refractivity contribution < 1.29 is 36.7 Å². The molecular weight excluding hydrogens is 539 g/mol. The molecule has 2 aromatic heterocycles. The number of carbonyl (C=O) groups excluding carboxylic acids is 2. The molecule has 0 radical (unpaired) electrons. The normalized spacial score (nSPS) is 26.7. The second-order valence-corrected chi connectivity index (χ2v) is 13.1. The number of aromatic nitrogens is 1. The third kappa shape index (κ3) is 5.90.